The monoisotopic (exact) mass is 408 g/mol. The molecule has 0 spiro atoms. The van der Waals surface area contributed by atoms with Crippen LogP contribution < -0.4 is 0 Å². The van der Waals surface area contributed by atoms with E-state index in [4.69, 9.17) is 4.74 Å². The number of carbonyl (C=O) groups excluding carboxylic acids is 1. The first kappa shape index (κ1) is 18.8. The van der Waals surface area contributed by atoms with E-state index in [0.29, 0.717) is 36.0 Å². The van der Waals surface area contributed by atoms with E-state index in [1.54, 1.807) is 0 Å². The average Bonchev–Trinajstić information content (AvgIpc) is 3.35. The second-order valence-corrected chi connectivity index (χ2v) is 8.93. The average molecular weight is 408 g/mol. The molecule has 0 radical (unpaired) electrons. The second-order valence-electron chi connectivity index (χ2n) is 8.93. The lowest BCUT2D eigenvalue weighted by Crippen LogP contribution is -2.68. The standard InChI is InChI=1S/C19H21F5O4/c20-17(21)13(3-4-27-18(17,26)19(22,23)24)28-16(25)12-7-10-6-11(12)15-9-2-1-8(5-9)14(10)15/h1-2,8-15,26H,3-7H2. The number of fused-ring (bicyclic) bond motifs is 9. The van der Waals surface area contributed by atoms with Crippen molar-refractivity contribution in [3.8, 4) is 0 Å². The van der Waals surface area contributed by atoms with Crippen molar-refractivity contribution in [1.29, 1.82) is 0 Å². The molecule has 5 aliphatic rings. The van der Waals surface area contributed by atoms with E-state index in [1.165, 1.54) is 0 Å². The Labute approximate surface area is 158 Å². The number of hydrogen-bond donors (Lipinski definition) is 1. The molecule has 1 heterocycles. The molecule has 0 aromatic carbocycles. The van der Waals surface area contributed by atoms with Gasteiger partial charge in [0.25, 0.3) is 0 Å². The Balaban J connectivity index is 1.32. The van der Waals surface area contributed by atoms with Gasteiger partial charge in [0.15, 0.2) is 6.10 Å². The Morgan fingerprint density at radius 1 is 1.11 bits per heavy atom. The number of ether oxygens (including phenoxy) is 2. The molecular formula is C19H21F5O4. The Morgan fingerprint density at radius 2 is 1.79 bits per heavy atom. The predicted octanol–water partition coefficient (Wildman–Crippen LogP) is 3.30. The highest BCUT2D eigenvalue weighted by atomic mass is 19.4. The van der Waals surface area contributed by atoms with Crippen LogP contribution in [0.15, 0.2) is 12.2 Å². The van der Waals surface area contributed by atoms with Crippen LogP contribution in [0.1, 0.15) is 25.7 Å². The van der Waals surface area contributed by atoms with Crippen LogP contribution in [-0.4, -0.2) is 41.7 Å². The highest BCUT2D eigenvalue weighted by Crippen LogP contribution is 2.67. The van der Waals surface area contributed by atoms with Crippen LogP contribution >= 0.6 is 0 Å². The summed E-state index contributed by atoms with van der Waals surface area (Å²) < 4.78 is 76.7. The van der Waals surface area contributed by atoms with Gasteiger partial charge in [0, 0.05) is 6.42 Å². The molecule has 9 atom stereocenters. The smallest absolute Gasteiger partial charge is 0.449 e. The van der Waals surface area contributed by atoms with Crippen molar-refractivity contribution in [1.82, 2.24) is 0 Å². The van der Waals surface area contributed by atoms with Crippen molar-refractivity contribution in [2.24, 2.45) is 41.4 Å². The lowest BCUT2D eigenvalue weighted by molar-refractivity contribution is -0.456. The van der Waals surface area contributed by atoms with Gasteiger partial charge in [-0.15, -0.1) is 0 Å². The molecule has 1 N–H and O–H groups in total. The molecule has 9 heteroatoms. The lowest BCUT2D eigenvalue weighted by atomic mass is 9.69. The number of alkyl halides is 5. The molecule has 5 rings (SSSR count). The van der Waals surface area contributed by atoms with Gasteiger partial charge in [-0.3, -0.25) is 4.79 Å². The highest BCUT2D eigenvalue weighted by Gasteiger charge is 2.76. The topological polar surface area (TPSA) is 55.8 Å². The number of hydrogen-bond acceptors (Lipinski definition) is 4. The Hall–Kier alpha value is -1.22. The maximum absolute atomic E-state index is 14.4. The van der Waals surface area contributed by atoms with E-state index in [9.17, 15) is 31.9 Å². The number of halogens is 5. The van der Waals surface area contributed by atoms with Crippen LogP contribution in [0.25, 0.3) is 0 Å². The van der Waals surface area contributed by atoms with E-state index in [2.05, 4.69) is 16.9 Å². The summed E-state index contributed by atoms with van der Waals surface area (Å²) in [6, 6.07) is 0. The van der Waals surface area contributed by atoms with Crippen LogP contribution in [0.4, 0.5) is 22.0 Å². The minimum absolute atomic E-state index is 0.0393. The van der Waals surface area contributed by atoms with Crippen molar-refractivity contribution in [2.45, 2.75) is 49.7 Å². The van der Waals surface area contributed by atoms with Crippen LogP contribution in [0, 0.1) is 41.4 Å². The first-order valence-electron chi connectivity index (χ1n) is 9.74. The Bertz CT molecular complexity index is 722. The summed E-state index contributed by atoms with van der Waals surface area (Å²) in [5.74, 6) is -8.67. The van der Waals surface area contributed by atoms with E-state index < -0.39 is 48.9 Å². The summed E-state index contributed by atoms with van der Waals surface area (Å²) in [5, 5.41) is 9.49. The molecule has 4 nitrogen and oxygen atoms in total. The van der Waals surface area contributed by atoms with Gasteiger partial charge in [-0.2, -0.15) is 22.0 Å². The van der Waals surface area contributed by atoms with E-state index in [-0.39, 0.29) is 5.92 Å². The normalized spacial score (nSPS) is 50.8. The first-order chi connectivity index (χ1) is 13.0. The van der Waals surface area contributed by atoms with Crippen LogP contribution in [0.2, 0.25) is 0 Å². The van der Waals surface area contributed by atoms with Gasteiger partial charge in [-0.05, 0) is 54.8 Å². The van der Waals surface area contributed by atoms with E-state index in [1.807, 2.05) is 0 Å². The molecule has 1 aliphatic heterocycles. The van der Waals surface area contributed by atoms with Crippen molar-refractivity contribution in [3.05, 3.63) is 12.2 Å². The first-order valence-corrected chi connectivity index (χ1v) is 9.74. The molecule has 9 unspecified atom stereocenters. The summed E-state index contributed by atoms with van der Waals surface area (Å²) in [5.41, 5.74) is 0. The zero-order valence-electron chi connectivity index (χ0n) is 14.9. The molecule has 0 aromatic heterocycles. The van der Waals surface area contributed by atoms with Gasteiger partial charge in [0.05, 0.1) is 12.5 Å². The van der Waals surface area contributed by atoms with E-state index >= 15 is 0 Å². The fourth-order valence-electron chi connectivity index (χ4n) is 6.73. The molecule has 4 fully saturated rings. The molecule has 156 valence electrons. The van der Waals surface area contributed by atoms with Gasteiger partial charge >= 0.3 is 23.9 Å². The van der Waals surface area contributed by atoms with Crippen molar-refractivity contribution < 1.29 is 41.3 Å². The number of carbonyl (C=O) groups is 1. The SMILES string of the molecule is O=C(OC1CCOC(O)(C(F)(F)F)C1(F)F)C1CC2CC1C1C3C=CC(C3)C21. The van der Waals surface area contributed by atoms with Gasteiger partial charge in [0.2, 0.25) is 0 Å². The maximum Gasteiger partial charge on any atom is 0.449 e. The molecule has 1 saturated heterocycles. The summed E-state index contributed by atoms with van der Waals surface area (Å²) in [6.07, 6.45) is -1.81. The van der Waals surface area contributed by atoms with Crippen molar-refractivity contribution >= 4 is 5.97 Å². The molecule has 4 aliphatic carbocycles. The minimum Gasteiger partial charge on any atom is -0.455 e. The van der Waals surface area contributed by atoms with Gasteiger partial charge in [0.1, 0.15) is 0 Å². The molecule has 4 bridgehead atoms. The van der Waals surface area contributed by atoms with Crippen LogP contribution in [0.3, 0.4) is 0 Å². The maximum atomic E-state index is 14.4. The minimum atomic E-state index is -5.71. The van der Waals surface area contributed by atoms with Crippen molar-refractivity contribution in [2.75, 3.05) is 6.61 Å². The second kappa shape index (κ2) is 5.68. The summed E-state index contributed by atoms with van der Waals surface area (Å²) in [7, 11) is 0. The Morgan fingerprint density at radius 3 is 2.46 bits per heavy atom. The quantitative estimate of drug-likeness (QED) is 0.330. The third kappa shape index (κ3) is 2.26. The predicted molar refractivity (Wildman–Crippen MR) is 83.8 cm³/mol. The zero-order valence-corrected chi connectivity index (χ0v) is 14.9. The van der Waals surface area contributed by atoms with Crippen LogP contribution in [-0.2, 0) is 14.3 Å². The summed E-state index contributed by atoms with van der Waals surface area (Å²) >= 11 is 0. The van der Waals surface area contributed by atoms with Crippen molar-refractivity contribution in [3.63, 3.8) is 0 Å². The van der Waals surface area contributed by atoms with Gasteiger partial charge in [-0.25, -0.2) is 0 Å². The van der Waals surface area contributed by atoms with Crippen LogP contribution in [0.5, 0.6) is 0 Å². The fraction of sp³-hybridized carbons (Fsp3) is 0.842. The fourth-order valence-corrected chi connectivity index (χ4v) is 6.73. The third-order valence-corrected chi connectivity index (χ3v) is 7.76. The zero-order chi connectivity index (χ0) is 20.1. The molecule has 0 aromatic rings. The summed E-state index contributed by atoms with van der Waals surface area (Å²) in [4.78, 5) is 12.7. The number of aliphatic hydroxyl groups is 1. The number of esters is 1. The summed E-state index contributed by atoms with van der Waals surface area (Å²) in [6.45, 7) is -0.778. The molecule has 3 saturated carbocycles. The number of allylic oxidation sites excluding steroid dienone is 2. The molecule has 28 heavy (non-hydrogen) atoms. The van der Waals surface area contributed by atoms with Gasteiger partial charge < -0.3 is 14.6 Å². The third-order valence-electron chi connectivity index (χ3n) is 7.76. The van der Waals surface area contributed by atoms with E-state index in [0.717, 1.165) is 12.8 Å². The molecular weight excluding hydrogens is 387 g/mol. The highest BCUT2D eigenvalue weighted by molar-refractivity contribution is 5.74. The molecule has 0 amide bonds. The largest absolute Gasteiger partial charge is 0.455 e. The Kier molecular flexibility index (Phi) is 3.81. The number of rotatable bonds is 2. The lowest BCUT2D eigenvalue weighted by Gasteiger charge is -2.44. The van der Waals surface area contributed by atoms with Gasteiger partial charge in [-0.1, -0.05) is 12.2 Å².